The monoisotopic (exact) mass is 183 g/mol. The number of benzene rings is 1. The lowest BCUT2D eigenvalue weighted by Gasteiger charge is -2.02. The van der Waals surface area contributed by atoms with Crippen LogP contribution in [0.3, 0.4) is 0 Å². The summed E-state index contributed by atoms with van der Waals surface area (Å²) in [6, 6.07) is 3.21. The summed E-state index contributed by atoms with van der Waals surface area (Å²) in [6.07, 6.45) is 0. The van der Waals surface area contributed by atoms with Gasteiger partial charge >= 0.3 is 0 Å². The first kappa shape index (κ1) is 8.16. The van der Waals surface area contributed by atoms with Crippen LogP contribution in [0, 0.1) is 11.6 Å². The Hall–Kier alpha value is -1.45. The van der Waals surface area contributed by atoms with Gasteiger partial charge in [0.05, 0.1) is 12.1 Å². The molecule has 0 aliphatic carbocycles. The van der Waals surface area contributed by atoms with E-state index in [-0.39, 0.29) is 11.5 Å². The summed E-state index contributed by atoms with van der Waals surface area (Å²) in [7, 11) is 0. The molecule has 1 aliphatic rings. The van der Waals surface area contributed by atoms with Crippen molar-refractivity contribution in [1.29, 1.82) is 0 Å². The third kappa shape index (κ3) is 1.52. The molecule has 0 spiro atoms. The van der Waals surface area contributed by atoms with Crippen molar-refractivity contribution < 1.29 is 13.5 Å². The van der Waals surface area contributed by atoms with Crippen LogP contribution in [0.15, 0.2) is 23.2 Å². The van der Waals surface area contributed by atoms with Gasteiger partial charge in [-0.25, -0.2) is 13.8 Å². The van der Waals surface area contributed by atoms with Crippen LogP contribution in [0.4, 0.5) is 8.78 Å². The van der Waals surface area contributed by atoms with Crippen molar-refractivity contribution in [2.24, 2.45) is 4.99 Å². The summed E-state index contributed by atoms with van der Waals surface area (Å²) in [5.41, 5.74) is 0.0949. The quantitative estimate of drug-likeness (QED) is 0.649. The topological polar surface area (TPSA) is 21.6 Å². The van der Waals surface area contributed by atoms with Crippen LogP contribution in [-0.4, -0.2) is 19.0 Å². The molecule has 68 valence electrons. The van der Waals surface area contributed by atoms with E-state index in [0.717, 1.165) is 18.2 Å². The van der Waals surface area contributed by atoms with Crippen LogP contribution in [0.1, 0.15) is 5.56 Å². The number of aliphatic imine (C=N–C) groups is 1. The highest BCUT2D eigenvalue weighted by Crippen LogP contribution is 2.13. The van der Waals surface area contributed by atoms with E-state index in [0.29, 0.717) is 13.2 Å². The highest BCUT2D eigenvalue weighted by Gasteiger charge is 2.15. The van der Waals surface area contributed by atoms with Gasteiger partial charge in [0.15, 0.2) is 0 Å². The lowest BCUT2D eigenvalue weighted by atomic mass is 10.2. The molecule has 0 amide bonds. The average molecular weight is 183 g/mol. The maximum absolute atomic E-state index is 13.1. The van der Waals surface area contributed by atoms with E-state index in [1.165, 1.54) is 0 Å². The van der Waals surface area contributed by atoms with Gasteiger partial charge in [0.2, 0.25) is 5.90 Å². The van der Waals surface area contributed by atoms with Gasteiger partial charge in [-0.3, -0.25) is 0 Å². The fourth-order valence-electron chi connectivity index (χ4n) is 1.16. The van der Waals surface area contributed by atoms with Crippen LogP contribution in [0.2, 0.25) is 0 Å². The Morgan fingerprint density at radius 2 is 2.15 bits per heavy atom. The van der Waals surface area contributed by atoms with E-state index in [1.54, 1.807) is 0 Å². The normalized spacial score (nSPS) is 15.4. The molecule has 1 aromatic carbocycles. The fraction of sp³-hybridized carbons (Fsp3) is 0.222. The summed E-state index contributed by atoms with van der Waals surface area (Å²) < 4.78 is 30.8. The Morgan fingerprint density at radius 3 is 2.85 bits per heavy atom. The molecule has 4 heteroatoms. The lowest BCUT2D eigenvalue weighted by molar-refractivity contribution is 0.346. The molecule has 0 saturated carbocycles. The Labute approximate surface area is 73.9 Å². The molecule has 1 heterocycles. The second kappa shape index (κ2) is 3.12. The molecule has 0 fully saturated rings. The first-order chi connectivity index (χ1) is 6.27. The maximum Gasteiger partial charge on any atom is 0.219 e. The van der Waals surface area contributed by atoms with Crippen molar-refractivity contribution in [2.75, 3.05) is 13.2 Å². The fourth-order valence-corrected chi connectivity index (χ4v) is 1.16. The third-order valence-electron chi connectivity index (χ3n) is 1.74. The van der Waals surface area contributed by atoms with Gasteiger partial charge in [-0.2, -0.15) is 0 Å². The van der Waals surface area contributed by atoms with E-state index >= 15 is 0 Å². The highest BCUT2D eigenvalue weighted by molar-refractivity contribution is 5.95. The Balaban J connectivity index is 2.43. The minimum absolute atomic E-state index is 0.0949. The van der Waals surface area contributed by atoms with Crippen molar-refractivity contribution in [3.8, 4) is 0 Å². The molecule has 0 radical (unpaired) electrons. The molecule has 1 aromatic rings. The smallest absolute Gasteiger partial charge is 0.219 e. The van der Waals surface area contributed by atoms with Crippen LogP contribution >= 0.6 is 0 Å². The van der Waals surface area contributed by atoms with E-state index in [2.05, 4.69) is 4.99 Å². The zero-order valence-corrected chi connectivity index (χ0v) is 6.76. The number of hydrogen-bond acceptors (Lipinski definition) is 2. The van der Waals surface area contributed by atoms with Gasteiger partial charge in [-0.15, -0.1) is 0 Å². The Morgan fingerprint density at radius 1 is 1.31 bits per heavy atom. The molecule has 13 heavy (non-hydrogen) atoms. The summed E-state index contributed by atoms with van der Waals surface area (Å²) in [4.78, 5) is 3.90. The zero-order valence-electron chi connectivity index (χ0n) is 6.76. The van der Waals surface area contributed by atoms with Crippen LogP contribution < -0.4 is 0 Å². The largest absolute Gasteiger partial charge is 0.475 e. The van der Waals surface area contributed by atoms with Crippen LogP contribution in [0.5, 0.6) is 0 Å². The molecule has 0 bridgehead atoms. The molecular weight excluding hydrogens is 176 g/mol. The minimum atomic E-state index is -0.512. The average Bonchev–Trinajstić information content (AvgIpc) is 2.61. The maximum atomic E-state index is 13.1. The molecule has 0 N–H and O–H groups in total. The molecule has 0 unspecified atom stereocenters. The van der Waals surface area contributed by atoms with Crippen LogP contribution in [-0.2, 0) is 4.74 Å². The first-order valence-corrected chi connectivity index (χ1v) is 3.90. The number of nitrogens with zero attached hydrogens (tertiary/aromatic N) is 1. The third-order valence-corrected chi connectivity index (χ3v) is 1.74. The Kier molecular flexibility index (Phi) is 1.96. The molecule has 0 aromatic heterocycles. The van der Waals surface area contributed by atoms with Gasteiger partial charge < -0.3 is 4.74 Å². The summed E-state index contributed by atoms with van der Waals surface area (Å²) in [6.45, 7) is 0.941. The van der Waals surface area contributed by atoms with Crippen molar-refractivity contribution in [3.63, 3.8) is 0 Å². The van der Waals surface area contributed by atoms with E-state index < -0.39 is 11.6 Å². The predicted molar refractivity (Wildman–Crippen MR) is 43.7 cm³/mol. The minimum Gasteiger partial charge on any atom is -0.475 e. The van der Waals surface area contributed by atoms with Gasteiger partial charge in [0.1, 0.15) is 18.2 Å². The standard InChI is InChI=1S/C9H7F2NO/c10-6-1-2-8(11)7(5-6)9-12-3-4-13-9/h1-2,5H,3-4H2. The number of hydrogen-bond donors (Lipinski definition) is 0. The molecule has 1 aliphatic heterocycles. The summed E-state index contributed by atoms with van der Waals surface area (Å²) in [5.74, 6) is -0.811. The second-order valence-corrected chi connectivity index (χ2v) is 2.66. The Bertz CT molecular complexity index is 363. The predicted octanol–water partition coefficient (Wildman–Crippen LogP) is 1.74. The number of halogens is 2. The summed E-state index contributed by atoms with van der Waals surface area (Å²) >= 11 is 0. The van der Waals surface area contributed by atoms with Gasteiger partial charge in [-0.1, -0.05) is 0 Å². The van der Waals surface area contributed by atoms with Gasteiger partial charge in [0, 0.05) is 0 Å². The highest BCUT2D eigenvalue weighted by atomic mass is 19.1. The number of ether oxygens (including phenoxy) is 1. The van der Waals surface area contributed by atoms with E-state index in [1.807, 2.05) is 0 Å². The first-order valence-electron chi connectivity index (χ1n) is 3.90. The number of rotatable bonds is 1. The molecule has 2 rings (SSSR count). The lowest BCUT2D eigenvalue weighted by Crippen LogP contribution is -2.04. The summed E-state index contributed by atoms with van der Waals surface area (Å²) in [5, 5.41) is 0. The molecule has 0 saturated heterocycles. The molecule has 0 atom stereocenters. The van der Waals surface area contributed by atoms with Crippen molar-refractivity contribution in [2.45, 2.75) is 0 Å². The van der Waals surface area contributed by atoms with E-state index in [4.69, 9.17) is 4.74 Å². The van der Waals surface area contributed by atoms with Crippen molar-refractivity contribution in [3.05, 3.63) is 35.4 Å². The van der Waals surface area contributed by atoms with Crippen LogP contribution in [0.25, 0.3) is 0 Å². The molecule has 2 nitrogen and oxygen atoms in total. The van der Waals surface area contributed by atoms with Crippen molar-refractivity contribution >= 4 is 5.90 Å². The zero-order chi connectivity index (χ0) is 9.26. The van der Waals surface area contributed by atoms with Gasteiger partial charge in [0.25, 0.3) is 0 Å². The van der Waals surface area contributed by atoms with E-state index in [9.17, 15) is 8.78 Å². The SMILES string of the molecule is Fc1ccc(F)c(C2=NCCO2)c1. The second-order valence-electron chi connectivity index (χ2n) is 2.66. The van der Waals surface area contributed by atoms with Gasteiger partial charge in [-0.05, 0) is 18.2 Å². The molecular formula is C9H7F2NO. The van der Waals surface area contributed by atoms with Crippen molar-refractivity contribution in [1.82, 2.24) is 0 Å².